The quantitative estimate of drug-likeness (QED) is 0.154. The van der Waals surface area contributed by atoms with Crippen molar-refractivity contribution in [3.63, 3.8) is 0 Å². The van der Waals surface area contributed by atoms with E-state index in [2.05, 4.69) is 4.98 Å². The summed E-state index contributed by atoms with van der Waals surface area (Å²) in [5.41, 5.74) is -0.841. The van der Waals surface area contributed by atoms with Crippen LogP contribution in [0.15, 0.2) is 15.8 Å². The first-order valence-corrected chi connectivity index (χ1v) is 13.4. The van der Waals surface area contributed by atoms with Crippen LogP contribution in [0.25, 0.3) is 0 Å². The van der Waals surface area contributed by atoms with Gasteiger partial charge < -0.3 is 59.0 Å². The smallest absolute Gasteiger partial charge is 0.388 e. The molecule has 0 amide bonds. The number of ether oxygens (including phenoxy) is 1. The van der Waals surface area contributed by atoms with Gasteiger partial charge in [0, 0.05) is 12.2 Å². The van der Waals surface area contributed by atoms with Gasteiger partial charge in [0.25, 0.3) is 5.56 Å². The largest absolute Gasteiger partial charge is 0.466 e. The van der Waals surface area contributed by atoms with Gasteiger partial charge in [-0.3, -0.25) is 14.3 Å². The molecule has 0 aromatic carbocycles. The van der Waals surface area contributed by atoms with E-state index in [0.29, 0.717) is 0 Å². The highest BCUT2D eigenvalue weighted by atomic mass is 31.2. The van der Waals surface area contributed by atoms with Crippen LogP contribution in [-0.2, 0) is 18.4 Å². The zero-order valence-electron chi connectivity index (χ0n) is 17.0. The van der Waals surface area contributed by atoms with E-state index < -0.39 is 59.1 Å². The second kappa shape index (κ2) is 12.7. The van der Waals surface area contributed by atoms with Gasteiger partial charge in [-0.15, -0.1) is 0 Å². The number of hydrogen-bond acceptors (Lipinski definition) is 8. The lowest BCUT2D eigenvalue weighted by molar-refractivity contribution is 0.0138. The first kappa shape index (κ1) is 32.9. The van der Waals surface area contributed by atoms with E-state index in [9.17, 15) is 19.8 Å². The number of rotatable bonds is 2. The fourth-order valence-corrected chi connectivity index (χ4v) is 2.43. The van der Waals surface area contributed by atoms with Gasteiger partial charge in [0.15, 0.2) is 0 Å². The number of H-pyrrole nitrogens is 1. The van der Waals surface area contributed by atoms with Gasteiger partial charge in [-0.2, -0.15) is 0 Å². The highest BCUT2D eigenvalue weighted by Gasteiger charge is 2.42. The molecule has 4 atom stereocenters. The van der Waals surface area contributed by atoms with E-state index >= 15 is 0 Å². The zero-order valence-corrected chi connectivity index (χ0v) is 19.7. The molecule has 22 heteroatoms. The Morgan fingerprint density at radius 1 is 0.853 bits per heavy atom. The van der Waals surface area contributed by atoms with Crippen LogP contribution in [0.3, 0.4) is 0 Å². The second-order valence-corrected chi connectivity index (χ2v) is 9.84. The molecule has 200 valence electrons. The summed E-state index contributed by atoms with van der Waals surface area (Å²) in [5.74, 6) is 0. The number of nitrogens with zero attached hydrogens (tertiary/aromatic N) is 1. The van der Waals surface area contributed by atoms with Crippen LogP contribution in [0, 0.1) is 0 Å². The number of aromatic nitrogens is 2. The van der Waals surface area contributed by atoms with E-state index in [4.69, 9.17) is 62.5 Å². The molecule has 1 aromatic heterocycles. The topological polar surface area (TPSA) is 338 Å². The SMILES string of the molecule is C[C@H]1O[C@@H](c2cn(C3CC3)c(=O)[nH]c2=O)[C@H](O)[C@@H]1O.O=P(O)(O)O.O=P(O)(O)O.O=P(O)(O)O. The van der Waals surface area contributed by atoms with Gasteiger partial charge in [0.1, 0.15) is 18.3 Å². The van der Waals surface area contributed by atoms with Crippen molar-refractivity contribution in [3.05, 3.63) is 32.6 Å². The Labute approximate surface area is 189 Å². The maximum atomic E-state index is 11.8. The van der Waals surface area contributed by atoms with Crippen molar-refractivity contribution in [1.29, 1.82) is 0 Å². The van der Waals surface area contributed by atoms with Crippen molar-refractivity contribution in [2.75, 3.05) is 0 Å². The summed E-state index contributed by atoms with van der Waals surface area (Å²) in [6.45, 7) is 1.62. The predicted octanol–water partition coefficient (Wildman–Crippen LogP) is -3.73. The third kappa shape index (κ3) is 15.7. The summed E-state index contributed by atoms with van der Waals surface area (Å²) < 4.78 is 33.5. The lowest BCUT2D eigenvalue weighted by Crippen LogP contribution is -2.35. The van der Waals surface area contributed by atoms with Crippen LogP contribution in [-0.4, -0.2) is 82.1 Å². The molecule has 1 aliphatic heterocycles. The molecule has 0 radical (unpaired) electrons. The predicted molar refractivity (Wildman–Crippen MR) is 108 cm³/mol. The zero-order chi connectivity index (χ0) is 27.2. The van der Waals surface area contributed by atoms with Crippen LogP contribution in [0.2, 0.25) is 0 Å². The lowest BCUT2D eigenvalue weighted by Gasteiger charge is -2.15. The molecule has 2 heterocycles. The first-order valence-electron chi connectivity index (χ1n) is 8.70. The molecule has 0 unspecified atom stereocenters. The average Bonchev–Trinajstić information content (AvgIpc) is 3.35. The summed E-state index contributed by atoms with van der Waals surface area (Å²) in [4.78, 5) is 90.4. The number of phosphoric acid groups is 3. The second-order valence-electron chi connectivity index (χ2n) is 6.76. The van der Waals surface area contributed by atoms with Crippen molar-refractivity contribution in [2.24, 2.45) is 0 Å². The van der Waals surface area contributed by atoms with Crippen molar-refractivity contribution < 1.29 is 72.7 Å². The minimum atomic E-state index is -4.64. The van der Waals surface area contributed by atoms with Crippen LogP contribution in [0.5, 0.6) is 0 Å². The minimum absolute atomic E-state index is 0.115. The Morgan fingerprint density at radius 2 is 1.24 bits per heavy atom. The summed E-state index contributed by atoms with van der Waals surface area (Å²) in [6, 6.07) is 0.115. The van der Waals surface area contributed by atoms with Crippen LogP contribution < -0.4 is 11.2 Å². The van der Waals surface area contributed by atoms with Crippen LogP contribution in [0.1, 0.15) is 37.5 Å². The summed E-state index contributed by atoms with van der Waals surface area (Å²) in [7, 11) is -13.9. The Bertz CT molecular complexity index is 976. The number of aromatic amines is 1. The Hall–Kier alpha value is -1.11. The minimum Gasteiger partial charge on any atom is -0.388 e. The van der Waals surface area contributed by atoms with Gasteiger partial charge in [-0.1, -0.05) is 0 Å². The molecule has 34 heavy (non-hydrogen) atoms. The monoisotopic (exact) mass is 562 g/mol. The molecule has 3 rings (SSSR count). The molecular formula is C12H25N2O17P3. The molecule has 2 aliphatic rings. The van der Waals surface area contributed by atoms with E-state index in [-0.39, 0.29) is 11.6 Å². The van der Waals surface area contributed by atoms with Gasteiger partial charge in [-0.25, -0.2) is 18.5 Å². The molecular weight excluding hydrogens is 537 g/mol. The van der Waals surface area contributed by atoms with Crippen molar-refractivity contribution >= 4 is 23.5 Å². The van der Waals surface area contributed by atoms with E-state index in [1.54, 1.807) is 6.92 Å². The highest BCUT2D eigenvalue weighted by Crippen LogP contribution is 2.35. The van der Waals surface area contributed by atoms with Crippen molar-refractivity contribution in [2.45, 2.75) is 50.2 Å². The summed E-state index contributed by atoms with van der Waals surface area (Å²) in [5, 5.41) is 19.6. The molecule has 0 spiro atoms. The van der Waals surface area contributed by atoms with Gasteiger partial charge in [-0.05, 0) is 19.8 Å². The van der Waals surface area contributed by atoms with E-state index in [1.807, 2.05) is 0 Å². The number of aliphatic hydroxyl groups is 2. The van der Waals surface area contributed by atoms with Crippen LogP contribution >= 0.6 is 23.5 Å². The fraction of sp³-hybridized carbons (Fsp3) is 0.667. The first-order chi connectivity index (χ1) is 15.0. The lowest BCUT2D eigenvalue weighted by atomic mass is 10.0. The maximum Gasteiger partial charge on any atom is 0.466 e. The highest BCUT2D eigenvalue weighted by molar-refractivity contribution is 7.45. The fourth-order valence-electron chi connectivity index (χ4n) is 2.43. The molecule has 2 fully saturated rings. The number of hydrogen-bond donors (Lipinski definition) is 12. The Balaban J connectivity index is 0.000000599. The Morgan fingerprint density at radius 3 is 1.53 bits per heavy atom. The molecule has 12 N–H and O–H groups in total. The molecule has 1 aromatic rings. The standard InChI is InChI=1S/C12H16N2O5.3H3O4P/c1-5-8(15)9(16)10(19-5)7-4-14(6-2-3-6)12(18)13-11(7)17;3*1-5(2,3)4/h4-6,8-10,15-16H,2-3H2,1H3,(H,13,17,18);3*(H3,1,2,3,4)/t5-,8-,9-,10+;;;/m1.../s1. The molecule has 0 bridgehead atoms. The summed E-state index contributed by atoms with van der Waals surface area (Å²) in [6.07, 6.45) is -0.416. The Kier molecular flexibility index (Phi) is 12.3. The molecule has 1 saturated heterocycles. The maximum absolute atomic E-state index is 11.8. The van der Waals surface area contributed by atoms with Gasteiger partial charge in [0.2, 0.25) is 0 Å². The van der Waals surface area contributed by atoms with Gasteiger partial charge in [0.05, 0.1) is 11.7 Å². The summed E-state index contributed by atoms with van der Waals surface area (Å²) >= 11 is 0. The van der Waals surface area contributed by atoms with Crippen molar-refractivity contribution in [3.8, 4) is 0 Å². The number of nitrogens with one attached hydrogen (secondary N) is 1. The average molecular weight is 562 g/mol. The van der Waals surface area contributed by atoms with E-state index in [1.165, 1.54) is 10.8 Å². The molecule has 1 aliphatic carbocycles. The van der Waals surface area contributed by atoms with Crippen molar-refractivity contribution in [1.82, 2.24) is 9.55 Å². The molecule has 1 saturated carbocycles. The normalized spacial score (nSPS) is 24.6. The third-order valence-corrected chi connectivity index (χ3v) is 3.74. The third-order valence-electron chi connectivity index (χ3n) is 3.74. The van der Waals surface area contributed by atoms with E-state index in [0.717, 1.165) is 12.8 Å². The van der Waals surface area contributed by atoms with Gasteiger partial charge >= 0.3 is 29.2 Å². The number of aliphatic hydroxyl groups excluding tert-OH is 2. The van der Waals surface area contributed by atoms with Crippen LogP contribution in [0.4, 0.5) is 0 Å². The molecule has 19 nitrogen and oxygen atoms in total.